The minimum absolute atomic E-state index is 0.342. The first-order valence-corrected chi connectivity index (χ1v) is 8.43. The van der Waals surface area contributed by atoms with Crippen LogP contribution in [0.25, 0.3) is 0 Å². The van der Waals surface area contributed by atoms with Gasteiger partial charge in [-0.05, 0) is 23.3 Å². The largest absolute Gasteiger partial charge is 0.379 e. The summed E-state index contributed by atoms with van der Waals surface area (Å²) in [5.74, 6) is 0. The number of hydrogen-bond donors (Lipinski definition) is 1. The fraction of sp³-hybridized carbons (Fsp3) is 0.350. The Hall–Kier alpha value is -2.19. The summed E-state index contributed by atoms with van der Waals surface area (Å²) in [5, 5.41) is 12.6. The quantitative estimate of drug-likeness (QED) is 0.889. The third-order valence-electron chi connectivity index (χ3n) is 4.39. The molecule has 1 N–H and O–H groups in total. The average Bonchev–Trinajstić information content (AvgIpc) is 2.67. The molecule has 0 spiro atoms. The molecule has 24 heavy (non-hydrogen) atoms. The average molecular weight is 321 g/mol. The summed E-state index contributed by atoms with van der Waals surface area (Å²) in [6.07, 6.45) is 0. The Labute approximate surface area is 143 Å². The van der Waals surface area contributed by atoms with Crippen LogP contribution in [-0.4, -0.2) is 37.7 Å². The Morgan fingerprint density at radius 1 is 1.08 bits per heavy atom. The molecule has 2 aromatic carbocycles. The van der Waals surface area contributed by atoms with Gasteiger partial charge in [0.05, 0.1) is 24.8 Å². The van der Waals surface area contributed by atoms with Crippen molar-refractivity contribution in [1.29, 1.82) is 5.26 Å². The minimum Gasteiger partial charge on any atom is -0.379 e. The van der Waals surface area contributed by atoms with Gasteiger partial charge in [0.15, 0.2) is 0 Å². The van der Waals surface area contributed by atoms with Gasteiger partial charge in [-0.15, -0.1) is 0 Å². The van der Waals surface area contributed by atoms with Crippen molar-refractivity contribution in [2.75, 3.05) is 32.8 Å². The van der Waals surface area contributed by atoms with Crippen LogP contribution in [0, 0.1) is 11.3 Å². The maximum Gasteiger partial charge on any atom is 0.0991 e. The first-order valence-electron chi connectivity index (χ1n) is 8.43. The van der Waals surface area contributed by atoms with Crippen LogP contribution in [0.5, 0.6) is 0 Å². The Balaban J connectivity index is 1.64. The predicted octanol–water partition coefficient (Wildman–Crippen LogP) is 2.72. The number of nitrogens with zero attached hydrogens (tertiary/aromatic N) is 2. The van der Waals surface area contributed by atoms with Gasteiger partial charge >= 0.3 is 0 Å². The highest BCUT2D eigenvalue weighted by Crippen LogP contribution is 2.21. The summed E-state index contributed by atoms with van der Waals surface area (Å²) >= 11 is 0. The van der Waals surface area contributed by atoms with Crippen LogP contribution >= 0.6 is 0 Å². The van der Waals surface area contributed by atoms with E-state index in [1.54, 1.807) is 0 Å². The van der Waals surface area contributed by atoms with Crippen LogP contribution in [-0.2, 0) is 11.3 Å². The molecule has 1 heterocycles. The lowest BCUT2D eigenvalue weighted by Gasteiger charge is -2.35. The summed E-state index contributed by atoms with van der Waals surface area (Å²) in [6.45, 7) is 5.17. The zero-order chi connectivity index (χ0) is 16.6. The minimum atomic E-state index is 0.342. The molecule has 1 unspecified atom stereocenters. The molecule has 0 aromatic heterocycles. The van der Waals surface area contributed by atoms with Crippen LogP contribution in [0.2, 0.25) is 0 Å². The van der Waals surface area contributed by atoms with Crippen molar-refractivity contribution in [2.45, 2.75) is 12.6 Å². The van der Waals surface area contributed by atoms with Crippen LogP contribution in [0.3, 0.4) is 0 Å². The normalized spacial score (nSPS) is 16.5. The van der Waals surface area contributed by atoms with E-state index < -0.39 is 0 Å². The Kier molecular flexibility index (Phi) is 5.97. The second-order valence-corrected chi connectivity index (χ2v) is 6.02. The lowest BCUT2D eigenvalue weighted by molar-refractivity contribution is 0.0161. The summed E-state index contributed by atoms with van der Waals surface area (Å²) in [4.78, 5) is 2.48. The number of hydrogen-bond acceptors (Lipinski definition) is 4. The molecule has 1 aliphatic rings. The zero-order valence-electron chi connectivity index (χ0n) is 13.8. The van der Waals surface area contributed by atoms with Crippen molar-refractivity contribution in [3.8, 4) is 6.07 Å². The predicted molar refractivity (Wildman–Crippen MR) is 94.4 cm³/mol. The topological polar surface area (TPSA) is 48.3 Å². The van der Waals surface area contributed by atoms with Crippen LogP contribution < -0.4 is 5.32 Å². The molecular formula is C20H23N3O. The summed E-state index contributed by atoms with van der Waals surface area (Å²) in [5.41, 5.74) is 3.18. The first-order chi connectivity index (χ1) is 11.9. The van der Waals surface area contributed by atoms with Gasteiger partial charge in [0, 0.05) is 32.2 Å². The molecule has 0 bridgehead atoms. The highest BCUT2D eigenvalue weighted by Gasteiger charge is 2.22. The lowest BCUT2D eigenvalue weighted by atomic mass is 10.0. The van der Waals surface area contributed by atoms with Gasteiger partial charge in [-0.2, -0.15) is 5.26 Å². The van der Waals surface area contributed by atoms with Crippen molar-refractivity contribution >= 4 is 0 Å². The van der Waals surface area contributed by atoms with E-state index in [1.807, 2.05) is 18.2 Å². The molecule has 4 heteroatoms. The molecule has 1 saturated heterocycles. The smallest absolute Gasteiger partial charge is 0.0991 e. The van der Waals surface area contributed by atoms with Gasteiger partial charge in [0.2, 0.25) is 0 Å². The summed E-state index contributed by atoms with van der Waals surface area (Å²) in [6, 6.07) is 20.9. The second kappa shape index (κ2) is 8.60. The highest BCUT2D eigenvalue weighted by molar-refractivity contribution is 5.32. The molecule has 1 fully saturated rings. The number of benzene rings is 2. The van der Waals surface area contributed by atoms with E-state index in [4.69, 9.17) is 10.00 Å². The number of nitriles is 1. The molecule has 0 radical (unpaired) electrons. The molecule has 3 rings (SSSR count). The fourth-order valence-corrected chi connectivity index (χ4v) is 3.13. The maximum atomic E-state index is 9.01. The SMILES string of the molecule is N#Cc1cccc(CNCC(c2ccccc2)N2CCOCC2)c1. The van der Waals surface area contributed by atoms with Crippen molar-refractivity contribution in [1.82, 2.24) is 10.2 Å². The monoisotopic (exact) mass is 321 g/mol. The molecule has 0 aliphatic carbocycles. The highest BCUT2D eigenvalue weighted by atomic mass is 16.5. The van der Waals surface area contributed by atoms with Crippen molar-refractivity contribution in [3.63, 3.8) is 0 Å². The van der Waals surface area contributed by atoms with Gasteiger partial charge in [0.1, 0.15) is 0 Å². The Morgan fingerprint density at radius 2 is 1.88 bits per heavy atom. The fourth-order valence-electron chi connectivity index (χ4n) is 3.13. The van der Waals surface area contributed by atoms with Crippen LogP contribution in [0.4, 0.5) is 0 Å². The second-order valence-electron chi connectivity index (χ2n) is 6.02. The van der Waals surface area contributed by atoms with E-state index in [9.17, 15) is 0 Å². The molecule has 1 atom stereocenters. The van der Waals surface area contributed by atoms with Crippen LogP contribution in [0.15, 0.2) is 54.6 Å². The van der Waals surface area contributed by atoms with Crippen molar-refractivity contribution < 1.29 is 4.74 Å². The molecule has 1 aliphatic heterocycles. The molecule has 0 amide bonds. The van der Waals surface area contributed by atoms with E-state index in [-0.39, 0.29) is 0 Å². The summed E-state index contributed by atoms with van der Waals surface area (Å²) in [7, 11) is 0. The van der Waals surface area contributed by atoms with E-state index in [0.29, 0.717) is 11.6 Å². The Bertz CT molecular complexity index is 675. The lowest BCUT2D eigenvalue weighted by Crippen LogP contribution is -2.42. The first kappa shape index (κ1) is 16.7. The van der Waals surface area contributed by atoms with Crippen molar-refractivity contribution in [2.24, 2.45) is 0 Å². The molecule has 4 nitrogen and oxygen atoms in total. The third kappa shape index (κ3) is 4.42. The number of morpholine rings is 1. The Morgan fingerprint density at radius 3 is 2.62 bits per heavy atom. The van der Waals surface area contributed by atoms with E-state index in [0.717, 1.165) is 45.0 Å². The number of rotatable bonds is 6. The third-order valence-corrected chi connectivity index (χ3v) is 4.39. The van der Waals surface area contributed by atoms with E-state index in [1.165, 1.54) is 5.56 Å². The standard InChI is InChI=1S/C20H23N3O/c21-14-17-5-4-6-18(13-17)15-22-16-20(19-7-2-1-3-8-19)23-9-11-24-12-10-23/h1-8,13,20,22H,9-12,15-16H2. The molecular weight excluding hydrogens is 298 g/mol. The maximum absolute atomic E-state index is 9.01. The van der Waals surface area contributed by atoms with Gasteiger partial charge < -0.3 is 10.1 Å². The van der Waals surface area contributed by atoms with E-state index in [2.05, 4.69) is 52.7 Å². The summed E-state index contributed by atoms with van der Waals surface area (Å²) < 4.78 is 5.49. The molecule has 2 aromatic rings. The van der Waals surface area contributed by atoms with Crippen LogP contribution in [0.1, 0.15) is 22.7 Å². The number of nitrogens with one attached hydrogen (secondary N) is 1. The van der Waals surface area contributed by atoms with Gasteiger partial charge in [-0.3, -0.25) is 4.90 Å². The molecule has 124 valence electrons. The van der Waals surface area contributed by atoms with Crippen molar-refractivity contribution in [3.05, 3.63) is 71.3 Å². The zero-order valence-corrected chi connectivity index (χ0v) is 13.8. The molecule has 0 saturated carbocycles. The van der Waals surface area contributed by atoms with Gasteiger partial charge in [0.25, 0.3) is 0 Å². The van der Waals surface area contributed by atoms with Gasteiger partial charge in [-0.25, -0.2) is 0 Å². The van der Waals surface area contributed by atoms with E-state index >= 15 is 0 Å². The van der Waals surface area contributed by atoms with Gasteiger partial charge in [-0.1, -0.05) is 42.5 Å². The number of ether oxygens (including phenoxy) is 1.